The Balaban J connectivity index is 1.53. The van der Waals surface area contributed by atoms with Gasteiger partial charge in [-0.3, -0.25) is 4.79 Å². The number of benzene rings is 3. The van der Waals surface area contributed by atoms with Gasteiger partial charge in [0.2, 0.25) is 0 Å². The summed E-state index contributed by atoms with van der Waals surface area (Å²) in [5.74, 6) is 0.0769. The van der Waals surface area contributed by atoms with E-state index in [9.17, 15) is 4.79 Å². The van der Waals surface area contributed by atoms with Gasteiger partial charge in [-0.2, -0.15) is 0 Å². The average molecular weight is 338 g/mol. The molecule has 0 saturated heterocycles. The van der Waals surface area contributed by atoms with Gasteiger partial charge in [0.15, 0.2) is 0 Å². The van der Waals surface area contributed by atoms with Crippen molar-refractivity contribution in [3.8, 4) is 11.1 Å². The lowest BCUT2D eigenvalue weighted by molar-refractivity contribution is 0.0996. The van der Waals surface area contributed by atoms with Crippen LogP contribution < -0.4 is 4.90 Å². The highest BCUT2D eigenvalue weighted by Gasteiger charge is 2.29. The molecule has 1 aliphatic heterocycles. The zero-order chi connectivity index (χ0) is 17.7. The van der Waals surface area contributed by atoms with E-state index in [0.29, 0.717) is 6.54 Å². The van der Waals surface area contributed by atoms with Crippen molar-refractivity contribution in [1.82, 2.24) is 4.57 Å². The van der Waals surface area contributed by atoms with Crippen LogP contribution in [-0.2, 0) is 13.6 Å². The number of fused-ring (bicyclic) bond motifs is 2. The first kappa shape index (κ1) is 15.0. The van der Waals surface area contributed by atoms with Gasteiger partial charge >= 0.3 is 0 Å². The van der Waals surface area contributed by atoms with E-state index in [2.05, 4.69) is 47.0 Å². The van der Waals surface area contributed by atoms with Gasteiger partial charge < -0.3 is 9.47 Å². The summed E-state index contributed by atoms with van der Waals surface area (Å²) in [6.45, 7) is 0.627. The van der Waals surface area contributed by atoms with Crippen molar-refractivity contribution in [3.05, 3.63) is 90.1 Å². The molecule has 0 N–H and O–H groups in total. The Hall–Kier alpha value is -3.33. The predicted octanol–water partition coefficient (Wildman–Crippen LogP) is 5.01. The maximum atomic E-state index is 13.0. The maximum absolute atomic E-state index is 13.0. The lowest BCUT2D eigenvalue weighted by atomic mass is 10.0. The van der Waals surface area contributed by atoms with Gasteiger partial charge in [0.05, 0.1) is 6.54 Å². The fourth-order valence-corrected chi connectivity index (χ4v) is 3.76. The third-order valence-electron chi connectivity index (χ3n) is 5.20. The van der Waals surface area contributed by atoms with Crippen molar-refractivity contribution in [3.63, 3.8) is 0 Å². The van der Waals surface area contributed by atoms with Gasteiger partial charge in [-0.1, -0.05) is 42.5 Å². The second-order valence-corrected chi connectivity index (χ2v) is 6.80. The Labute approximate surface area is 152 Å². The third kappa shape index (κ3) is 2.25. The number of aryl methyl sites for hydroxylation is 1. The van der Waals surface area contributed by atoms with Gasteiger partial charge in [-0.15, -0.1) is 0 Å². The molecule has 0 bridgehead atoms. The van der Waals surface area contributed by atoms with Crippen molar-refractivity contribution >= 4 is 22.5 Å². The zero-order valence-corrected chi connectivity index (χ0v) is 14.5. The topological polar surface area (TPSA) is 25.2 Å². The smallest absolute Gasteiger partial charge is 0.258 e. The van der Waals surface area contributed by atoms with E-state index >= 15 is 0 Å². The first-order valence-electron chi connectivity index (χ1n) is 8.76. The molecule has 26 heavy (non-hydrogen) atoms. The van der Waals surface area contributed by atoms with Crippen molar-refractivity contribution in [1.29, 1.82) is 0 Å². The van der Waals surface area contributed by atoms with Crippen molar-refractivity contribution in [2.24, 2.45) is 7.05 Å². The second-order valence-electron chi connectivity index (χ2n) is 6.80. The number of hydrogen-bond donors (Lipinski definition) is 0. The molecule has 0 radical (unpaired) electrons. The molecular weight excluding hydrogens is 320 g/mol. The summed E-state index contributed by atoms with van der Waals surface area (Å²) in [7, 11) is 2.03. The highest BCUT2D eigenvalue weighted by Crippen LogP contribution is 2.33. The Morgan fingerprint density at radius 2 is 1.69 bits per heavy atom. The van der Waals surface area contributed by atoms with Crippen LogP contribution in [0.15, 0.2) is 79.0 Å². The molecule has 3 nitrogen and oxygen atoms in total. The largest absolute Gasteiger partial charge is 0.351 e. The van der Waals surface area contributed by atoms with Crippen LogP contribution in [0, 0.1) is 0 Å². The van der Waals surface area contributed by atoms with E-state index in [1.165, 1.54) is 5.52 Å². The van der Waals surface area contributed by atoms with Crippen LogP contribution in [0.5, 0.6) is 0 Å². The summed E-state index contributed by atoms with van der Waals surface area (Å²) >= 11 is 0. The molecule has 1 aliphatic rings. The van der Waals surface area contributed by atoms with Crippen LogP contribution in [0.3, 0.4) is 0 Å². The number of carbonyl (C=O) groups is 1. The van der Waals surface area contributed by atoms with Gasteiger partial charge in [0.25, 0.3) is 5.91 Å². The quantitative estimate of drug-likeness (QED) is 0.504. The van der Waals surface area contributed by atoms with Gasteiger partial charge in [-0.25, -0.2) is 0 Å². The summed E-state index contributed by atoms with van der Waals surface area (Å²) in [5, 5.41) is 1.15. The first-order chi connectivity index (χ1) is 12.7. The Bertz CT molecular complexity index is 1140. The standard InChI is InChI=1S/C23H18N2O/c1-24-12-11-18-13-20(9-10-22(18)24)25-15-19-8-7-17(14-21(19)23(25)26)16-5-3-2-4-6-16/h2-14H,15H2,1H3. The molecule has 0 atom stereocenters. The first-order valence-corrected chi connectivity index (χ1v) is 8.76. The van der Waals surface area contributed by atoms with E-state index in [-0.39, 0.29) is 5.91 Å². The molecule has 0 unspecified atom stereocenters. The minimum absolute atomic E-state index is 0.0769. The minimum Gasteiger partial charge on any atom is -0.351 e. The summed E-state index contributed by atoms with van der Waals surface area (Å²) in [4.78, 5) is 14.9. The highest BCUT2D eigenvalue weighted by molar-refractivity contribution is 6.11. The van der Waals surface area contributed by atoms with Gasteiger partial charge in [-0.05, 0) is 47.0 Å². The lowest BCUT2D eigenvalue weighted by Crippen LogP contribution is -2.22. The van der Waals surface area contributed by atoms with Crippen LogP contribution in [0.4, 0.5) is 5.69 Å². The SMILES string of the molecule is Cn1ccc2cc(N3Cc4ccc(-c5ccccc5)cc4C3=O)ccc21. The Kier molecular flexibility index (Phi) is 3.22. The van der Waals surface area contributed by atoms with Crippen LogP contribution in [0.2, 0.25) is 0 Å². The van der Waals surface area contributed by atoms with Gasteiger partial charge in [0, 0.05) is 35.4 Å². The maximum Gasteiger partial charge on any atom is 0.258 e. The molecule has 126 valence electrons. The number of hydrogen-bond acceptors (Lipinski definition) is 1. The fraction of sp³-hybridized carbons (Fsp3) is 0.0870. The van der Waals surface area contributed by atoms with E-state index in [0.717, 1.165) is 33.3 Å². The Morgan fingerprint density at radius 1 is 0.846 bits per heavy atom. The molecule has 4 aromatic rings. The molecule has 0 saturated carbocycles. The van der Waals surface area contributed by atoms with E-state index in [1.807, 2.05) is 48.5 Å². The zero-order valence-electron chi connectivity index (χ0n) is 14.5. The summed E-state index contributed by atoms with van der Waals surface area (Å²) in [6.07, 6.45) is 2.04. The molecule has 0 fully saturated rings. The van der Waals surface area contributed by atoms with E-state index in [4.69, 9.17) is 0 Å². The van der Waals surface area contributed by atoms with Crippen LogP contribution in [-0.4, -0.2) is 10.5 Å². The van der Waals surface area contributed by atoms with Crippen molar-refractivity contribution in [2.75, 3.05) is 4.90 Å². The highest BCUT2D eigenvalue weighted by atomic mass is 16.2. The fourth-order valence-electron chi connectivity index (χ4n) is 3.76. The summed E-state index contributed by atoms with van der Waals surface area (Å²) in [6, 6.07) is 24.7. The average Bonchev–Trinajstić information content (AvgIpc) is 3.22. The molecule has 5 rings (SSSR count). The molecular formula is C23H18N2O. The van der Waals surface area contributed by atoms with Crippen molar-refractivity contribution < 1.29 is 4.79 Å². The molecule has 1 amide bonds. The molecule has 0 aliphatic carbocycles. The van der Waals surface area contributed by atoms with E-state index in [1.54, 1.807) is 0 Å². The second kappa shape index (κ2) is 5.60. The molecule has 3 aromatic carbocycles. The number of amides is 1. The van der Waals surface area contributed by atoms with Gasteiger partial charge in [0.1, 0.15) is 0 Å². The number of carbonyl (C=O) groups excluding carboxylic acids is 1. The molecule has 0 spiro atoms. The van der Waals surface area contributed by atoms with Crippen LogP contribution in [0.25, 0.3) is 22.0 Å². The lowest BCUT2D eigenvalue weighted by Gasteiger charge is -2.16. The van der Waals surface area contributed by atoms with E-state index < -0.39 is 0 Å². The number of rotatable bonds is 2. The van der Waals surface area contributed by atoms with Crippen LogP contribution in [0.1, 0.15) is 15.9 Å². The molecule has 3 heteroatoms. The normalized spacial score (nSPS) is 13.4. The molecule has 1 aromatic heterocycles. The van der Waals surface area contributed by atoms with Crippen LogP contribution >= 0.6 is 0 Å². The third-order valence-corrected chi connectivity index (χ3v) is 5.20. The Morgan fingerprint density at radius 3 is 2.54 bits per heavy atom. The number of nitrogens with zero attached hydrogens (tertiary/aromatic N) is 2. The number of anilines is 1. The molecule has 2 heterocycles. The number of aromatic nitrogens is 1. The monoisotopic (exact) mass is 338 g/mol. The predicted molar refractivity (Wildman–Crippen MR) is 105 cm³/mol. The summed E-state index contributed by atoms with van der Waals surface area (Å²) in [5.41, 5.74) is 6.23. The van der Waals surface area contributed by atoms with Crippen molar-refractivity contribution in [2.45, 2.75) is 6.54 Å². The minimum atomic E-state index is 0.0769. The summed E-state index contributed by atoms with van der Waals surface area (Å²) < 4.78 is 2.09.